The number of amides is 2. The average molecular weight is 372 g/mol. The molecule has 0 saturated carbocycles. The van der Waals surface area contributed by atoms with Crippen LogP contribution in [0.1, 0.15) is 48.5 Å². The lowest BCUT2D eigenvalue weighted by Crippen LogP contribution is -2.28. The van der Waals surface area contributed by atoms with E-state index in [1.54, 1.807) is 4.90 Å². The molecule has 0 fully saturated rings. The number of rotatable bonds is 6. The predicted octanol–water partition coefficient (Wildman–Crippen LogP) is 5.34. The Balaban J connectivity index is 1.36. The van der Waals surface area contributed by atoms with Gasteiger partial charge in [-0.2, -0.15) is 0 Å². The lowest BCUT2D eigenvalue weighted by Gasteiger charge is -2.17. The maximum absolute atomic E-state index is 12.8. The van der Waals surface area contributed by atoms with Crippen LogP contribution in [0.2, 0.25) is 0 Å². The molecule has 28 heavy (non-hydrogen) atoms. The molecule has 4 heteroatoms. The van der Waals surface area contributed by atoms with E-state index in [1.807, 2.05) is 60.7 Å². The molecular weight excluding hydrogens is 348 g/mol. The van der Waals surface area contributed by atoms with Crippen LogP contribution in [0, 0.1) is 0 Å². The Labute approximate surface area is 165 Å². The molecule has 1 aliphatic heterocycles. The van der Waals surface area contributed by atoms with Gasteiger partial charge in [0, 0.05) is 29.6 Å². The van der Waals surface area contributed by atoms with Crippen LogP contribution in [0.5, 0.6) is 0 Å². The van der Waals surface area contributed by atoms with Crippen molar-refractivity contribution in [2.24, 2.45) is 0 Å². The molecule has 1 aliphatic rings. The summed E-state index contributed by atoms with van der Waals surface area (Å²) in [5.74, 6) is 0.465. The second kappa shape index (κ2) is 7.47. The van der Waals surface area contributed by atoms with E-state index in [4.69, 9.17) is 0 Å². The van der Waals surface area contributed by atoms with Gasteiger partial charge in [-0.05, 0) is 47.6 Å². The Bertz CT molecular complexity index is 1030. The van der Waals surface area contributed by atoms with Crippen LogP contribution in [0.25, 0.3) is 10.8 Å². The largest absolute Gasteiger partial charge is 0.326 e. The van der Waals surface area contributed by atoms with Crippen LogP contribution in [0.3, 0.4) is 0 Å². The van der Waals surface area contributed by atoms with Crippen molar-refractivity contribution >= 4 is 34.0 Å². The highest BCUT2D eigenvalue weighted by Crippen LogP contribution is 2.37. The van der Waals surface area contributed by atoms with Crippen molar-refractivity contribution in [1.82, 2.24) is 0 Å². The van der Waals surface area contributed by atoms with Gasteiger partial charge in [-0.15, -0.1) is 0 Å². The highest BCUT2D eigenvalue weighted by molar-refractivity contribution is 6.25. The molecule has 0 atom stereocenters. The standard InChI is InChI=1S/C24H24N2O2/c1-16(2)17-11-13-19(14-12-17)25-22(27)10-5-15-26-21-9-4-7-18-6-3-8-20(23(18)21)24(26)28/h3-4,6-9,11-14,16H,5,10,15H2,1-2H3,(H,25,27). The lowest BCUT2D eigenvalue weighted by molar-refractivity contribution is -0.116. The van der Waals surface area contributed by atoms with Crippen molar-refractivity contribution in [2.45, 2.75) is 32.6 Å². The van der Waals surface area contributed by atoms with Crippen molar-refractivity contribution in [3.8, 4) is 0 Å². The van der Waals surface area contributed by atoms with E-state index in [0.717, 1.165) is 27.7 Å². The minimum atomic E-state index is -0.0281. The maximum Gasteiger partial charge on any atom is 0.258 e. The van der Waals surface area contributed by atoms with E-state index >= 15 is 0 Å². The molecule has 1 N–H and O–H groups in total. The smallest absolute Gasteiger partial charge is 0.258 e. The molecule has 3 aromatic carbocycles. The van der Waals surface area contributed by atoms with Gasteiger partial charge in [-0.1, -0.05) is 50.2 Å². The third-order valence-electron chi connectivity index (χ3n) is 5.30. The van der Waals surface area contributed by atoms with Gasteiger partial charge in [0.05, 0.1) is 5.69 Å². The fourth-order valence-corrected chi connectivity index (χ4v) is 3.77. The number of benzene rings is 3. The quantitative estimate of drug-likeness (QED) is 0.635. The molecule has 2 amide bonds. The monoisotopic (exact) mass is 372 g/mol. The van der Waals surface area contributed by atoms with Crippen LogP contribution in [-0.4, -0.2) is 18.4 Å². The van der Waals surface area contributed by atoms with Gasteiger partial charge in [-0.25, -0.2) is 0 Å². The molecule has 0 aliphatic carbocycles. The molecule has 0 saturated heterocycles. The molecule has 0 aromatic heterocycles. The van der Waals surface area contributed by atoms with Crippen LogP contribution < -0.4 is 10.2 Å². The first kappa shape index (κ1) is 18.2. The van der Waals surface area contributed by atoms with Crippen molar-refractivity contribution in [3.05, 3.63) is 71.8 Å². The van der Waals surface area contributed by atoms with E-state index in [0.29, 0.717) is 25.3 Å². The second-order valence-corrected chi connectivity index (χ2v) is 7.57. The van der Waals surface area contributed by atoms with Crippen molar-refractivity contribution in [3.63, 3.8) is 0 Å². The summed E-state index contributed by atoms with van der Waals surface area (Å²) >= 11 is 0. The van der Waals surface area contributed by atoms with Gasteiger partial charge in [-0.3, -0.25) is 9.59 Å². The highest BCUT2D eigenvalue weighted by atomic mass is 16.2. The molecule has 4 nitrogen and oxygen atoms in total. The SMILES string of the molecule is CC(C)c1ccc(NC(=O)CCCN2C(=O)c3cccc4cccc2c34)cc1. The van der Waals surface area contributed by atoms with Crippen molar-refractivity contribution in [1.29, 1.82) is 0 Å². The first-order valence-electron chi connectivity index (χ1n) is 9.78. The number of carbonyl (C=O) groups excluding carboxylic acids is 2. The van der Waals surface area contributed by atoms with E-state index in [9.17, 15) is 9.59 Å². The number of hydrogen-bond donors (Lipinski definition) is 1. The Morgan fingerprint density at radius 3 is 2.43 bits per heavy atom. The van der Waals surface area contributed by atoms with E-state index in [2.05, 4.69) is 19.2 Å². The van der Waals surface area contributed by atoms with E-state index in [1.165, 1.54) is 5.56 Å². The fourth-order valence-electron chi connectivity index (χ4n) is 3.77. The Morgan fingerprint density at radius 1 is 1.00 bits per heavy atom. The zero-order chi connectivity index (χ0) is 19.7. The topological polar surface area (TPSA) is 49.4 Å². The zero-order valence-corrected chi connectivity index (χ0v) is 16.2. The van der Waals surface area contributed by atoms with Crippen molar-refractivity contribution in [2.75, 3.05) is 16.8 Å². The van der Waals surface area contributed by atoms with E-state index < -0.39 is 0 Å². The summed E-state index contributed by atoms with van der Waals surface area (Å²) in [5.41, 5.74) is 3.76. The summed E-state index contributed by atoms with van der Waals surface area (Å²) in [6, 6.07) is 19.8. The molecule has 1 heterocycles. The molecule has 3 aromatic rings. The predicted molar refractivity (Wildman–Crippen MR) is 114 cm³/mol. The molecule has 142 valence electrons. The van der Waals surface area contributed by atoms with Gasteiger partial charge in [0.2, 0.25) is 5.91 Å². The summed E-state index contributed by atoms with van der Waals surface area (Å²) in [6.07, 6.45) is 0.994. The number of anilines is 2. The first-order valence-corrected chi connectivity index (χ1v) is 9.78. The lowest BCUT2D eigenvalue weighted by atomic mass is 10.0. The molecule has 0 unspecified atom stereocenters. The van der Waals surface area contributed by atoms with Gasteiger partial charge in [0.25, 0.3) is 5.91 Å². The summed E-state index contributed by atoms with van der Waals surface area (Å²) < 4.78 is 0. The Hall–Kier alpha value is -3.14. The summed E-state index contributed by atoms with van der Waals surface area (Å²) in [6.45, 7) is 4.82. The third kappa shape index (κ3) is 3.38. The third-order valence-corrected chi connectivity index (χ3v) is 5.30. The van der Waals surface area contributed by atoms with Crippen LogP contribution in [0.4, 0.5) is 11.4 Å². The van der Waals surface area contributed by atoms with Crippen molar-refractivity contribution < 1.29 is 9.59 Å². The number of hydrogen-bond acceptors (Lipinski definition) is 2. The summed E-state index contributed by atoms with van der Waals surface area (Å²) in [4.78, 5) is 26.8. The summed E-state index contributed by atoms with van der Waals surface area (Å²) in [7, 11) is 0. The average Bonchev–Trinajstić information content (AvgIpc) is 2.96. The number of nitrogens with one attached hydrogen (secondary N) is 1. The maximum atomic E-state index is 12.8. The second-order valence-electron chi connectivity index (χ2n) is 7.57. The normalized spacial score (nSPS) is 12.8. The van der Waals surface area contributed by atoms with Gasteiger partial charge in [0.15, 0.2) is 0 Å². The van der Waals surface area contributed by atoms with E-state index in [-0.39, 0.29) is 11.8 Å². The van der Waals surface area contributed by atoms with Crippen LogP contribution in [-0.2, 0) is 4.79 Å². The first-order chi connectivity index (χ1) is 13.5. The molecule has 0 bridgehead atoms. The van der Waals surface area contributed by atoms with Crippen LogP contribution >= 0.6 is 0 Å². The number of carbonyl (C=O) groups is 2. The zero-order valence-electron chi connectivity index (χ0n) is 16.2. The number of nitrogens with zero attached hydrogens (tertiary/aromatic N) is 1. The van der Waals surface area contributed by atoms with Gasteiger partial charge in [0.1, 0.15) is 0 Å². The molecular formula is C24H24N2O2. The summed E-state index contributed by atoms with van der Waals surface area (Å²) in [5, 5.41) is 5.03. The Morgan fingerprint density at radius 2 is 1.71 bits per heavy atom. The molecule has 0 spiro atoms. The van der Waals surface area contributed by atoms with Crippen LogP contribution in [0.15, 0.2) is 60.7 Å². The highest BCUT2D eigenvalue weighted by Gasteiger charge is 2.28. The minimum Gasteiger partial charge on any atom is -0.326 e. The fraction of sp³-hybridized carbons (Fsp3) is 0.250. The Kier molecular flexibility index (Phi) is 4.86. The van der Waals surface area contributed by atoms with Gasteiger partial charge < -0.3 is 10.2 Å². The molecule has 4 rings (SSSR count). The molecule has 0 radical (unpaired) electrons. The van der Waals surface area contributed by atoms with Gasteiger partial charge >= 0.3 is 0 Å². The minimum absolute atomic E-state index is 0.0245.